The van der Waals surface area contributed by atoms with Crippen molar-refractivity contribution in [1.82, 2.24) is 15.3 Å². The van der Waals surface area contributed by atoms with E-state index in [1.54, 1.807) is 13.8 Å². The molecule has 1 aromatic heterocycles. The zero-order valence-electron chi connectivity index (χ0n) is 13.5. The zero-order valence-corrected chi connectivity index (χ0v) is 13.5. The topological polar surface area (TPSA) is 84.1 Å². The summed E-state index contributed by atoms with van der Waals surface area (Å²) in [5.41, 5.74) is -0.986. The minimum Gasteiger partial charge on any atom is -0.465 e. The van der Waals surface area contributed by atoms with Crippen LogP contribution in [0.3, 0.4) is 0 Å². The van der Waals surface area contributed by atoms with Gasteiger partial charge in [-0.25, -0.2) is 0 Å². The van der Waals surface area contributed by atoms with Crippen molar-refractivity contribution < 1.29 is 22.7 Å². The van der Waals surface area contributed by atoms with Crippen LogP contribution in [-0.2, 0) is 6.18 Å². The SMILES string of the molecule is CCOc1nc(C(=O)NC(C)c2ccc(C(F)(F)F)cc2)cc(=O)[nH]1. The highest BCUT2D eigenvalue weighted by atomic mass is 19.4. The molecule has 0 spiro atoms. The van der Waals surface area contributed by atoms with Gasteiger partial charge in [-0.15, -0.1) is 0 Å². The van der Waals surface area contributed by atoms with Gasteiger partial charge < -0.3 is 10.1 Å². The highest BCUT2D eigenvalue weighted by Crippen LogP contribution is 2.29. The number of carbonyl (C=O) groups excluding carboxylic acids is 1. The number of halogens is 3. The molecular weight excluding hydrogens is 339 g/mol. The van der Waals surface area contributed by atoms with Gasteiger partial charge in [0.05, 0.1) is 18.2 Å². The van der Waals surface area contributed by atoms with Crippen molar-refractivity contribution in [2.24, 2.45) is 0 Å². The number of hydrogen-bond acceptors (Lipinski definition) is 4. The Morgan fingerprint density at radius 1 is 1.32 bits per heavy atom. The number of H-pyrrole nitrogens is 1. The lowest BCUT2D eigenvalue weighted by Gasteiger charge is -2.15. The van der Waals surface area contributed by atoms with Crippen LogP contribution in [0.1, 0.15) is 41.5 Å². The summed E-state index contributed by atoms with van der Waals surface area (Å²) in [4.78, 5) is 29.9. The fraction of sp³-hybridized carbons (Fsp3) is 0.312. The van der Waals surface area contributed by atoms with E-state index in [0.29, 0.717) is 5.56 Å². The lowest BCUT2D eigenvalue weighted by atomic mass is 10.1. The van der Waals surface area contributed by atoms with Crippen LogP contribution >= 0.6 is 0 Å². The second-order valence-corrected chi connectivity index (χ2v) is 5.18. The van der Waals surface area contributed by atoms with Gasteiger partial charge >= 0.3 is 6.18 Å². The molecule has 1 atom stereocenters. The van der Waals surface area contributed by atoms with Gasteiger partial charge in [0.25, 0.3) is 17.5 Å². The highest BCUT2D eigenvalue weighted by molar-refractivity contribution is 5.92. The van der Waals surface area contributed by atoms with Crippen molar-refractivity contribution in [3.63, 3.8) is 0 Å². The van der Waals surface area contributed by atoms with Gasteiger partial charge in [-0.3, -0.25) is 14.6 Å². The van der Waals surface area contributed by atoms with Crippen LogP contribution in [0.25, 0.3) is 0 Å². The summed E-state index contributed by atoms with van der Waals surface area (Å²) in [7, 11) is 0. The van der Waals surface area contributed by atoms with E-state index in [2.05, 4.69) is 15.3 Å². The van der Waals surface area contributed by atoms with Gasteiger partial charge in [0.2, 0.25) is 0 Å². The molecule has 1 unspecified atom stereocenters. The fourth-order valence-electron chi connectivity index (χ4n) is 2.07. The van der Waals surface area contributed by atoms with Crippen molar-refractivity contribution in [1.29, 1.82) is 0 Å². The highest BCUT2D eigenvalue weighted by Gasteiger charge is 2.30. The van der Waals surface area contributed by atoms with E-state index >= 15 is 0 Å². The van der Waals surface area contributed by atoms with E-state index in [4.69, 9.17) is 4.74 Å². The molecule has 1 amide bonds. The van der Waals surface area contributed by atoms with E-state index in [1.807, 2.05) is 0 Å². The van der Waals surface area contributed by atoms with Gasteiger partial charge in [0.1, 0.15) is 5.69 Å². The summed E-state index contributed by atoms with van der Waals surface area (Å²) in [5, 5.41) is 2.58. The maximum absolute atomic E-state index is 12.6. The number of rotatable bonds is 5. The van der Waals surface area contributed by atoms with E-state index in [1.165, 1.54) is 12.1 Å². The van der Waals surface area contributed by atoms with Crippen LogP contribution in [0.4, 0.5) is 13.2 Å². The molecule has 2 N–H and O–H groups in total. The summed E-state index contributed by atoms with van der Waals surface area (Å²) >= 11 is 0. The predicted molar refractivity (Wildman–Crippen MR) is 83.4 cm³/mol. The average molecular weight is 355 g/mol. The van der Waals surface area contributed by atoms with Crippen molar-refractivity contribution >= 4 is 5.91 Å². The molecule has 2 aromatic rings. The maximum Gasteiger partial charge on any atom is 0.416 e. The summed E-state index contributed by atoms with van der Waals surface area (Å²) in [5.74, 6) is -0.639. The fourth-order valence-corrected chi connectivity index (χ4v) is 2.07. The molecule has 0 aliphatic heterocycles. The third kappa shape index (κ3) is 4.82. The number of carbonyl (C=O) groups is 1. The molecule has 0 bridgehead atoms. The molecule has 2 rings (SSSR count). The van der Waals surface area contributed by atoms with Crippen LogP contribution < -0.4 is 15.6 Å². The Labute approximate surface area is 141 Å². The Morgan fingerprint density at radius 3 is 2.52 bits per heavy atom. The quantitative estimate of drug-likeness (QED) is 0.864. The third-order valence-corrected chi connectivity index (χ3v) is 3.32. The molecule has 0 saturated heterocycles. The first-order valence-corrected chi connectivity index (χ1v) is 7.43. The van der Waals surface area contributed by atoms with E-state index in [9.17, 15) is 22.8 Å². The summed E-state index contributed by atoms with van der Waals surface area (Å²) in [6.45, 7) is 3.56. The van der Waals surface area contributed by atoms with Gasteiger partial charge in [-0.2, -0.15) is 18.2 Å². The van der Waals surface area contributed by atoms with Crippen LogP contribution in [-0.4, -0.2) is 22.5 Å². The van der Waals surface area contributed by atoms with Gasteiger partial charge in [-0.1, -0.05) is 12.1 Å². The number of alkyl halides is 3. The lowest BCUT2D eigenvalue weighted by molar-refractivity contribution is -0.137. The smallest absolute Gasteiger partial charge is 0.416 e. The second kappa shape index (κ2) is 7.37. The number of benzene rings is 1. The molecule has 1 aromatic carbocycles. The maximum atomic E-state index is 12.6. The second-order valence-electron chi connectivity index (χ2n) is 5.18. The minimum absolute atomic E-state index is 0.0812. The third-order valence-electron chi connectivity index (χ3n) is 3.32. The Kier molecular flexibility index (Phi) is 5.45. The lowest BCUT2D eigenvalue weighted by Crippen LogP contribution is -2.29. The van der Waals surface area contributed by atoms with Crippen LogP contribution in [0, 0.1) is 0 Å². The summed E-state index contributed by atoms with van der Waals surface area (Å²) in [6, 6.07) is 4.80. The van der Waals surface area contributed by atoms with Crippen molar-refractivity contribution in [2.45, 2.75) is 26.1 Å². The number of nitrogens with zero attached hydrogens (tertiary/aromatic N) is 1. The number of aromatic nitrogens is 2. The predicted octanol–water partition coefficient (Wildman–Crippen LogP) is 2.68. The van der Waals surface area contributed by atoms with E-state index < -0.39 is 29.2 Å². The standard InChI is InChI=1S/C16H16F3N3O3/c1-3-25-15-21-12(8-13(23)22-15)14(24)20-9(2)10-4-6-11(7-5-10)16(17,18)19/h4-9H,3H2,1-2H3,(H,20,24)(H,21,22,23). The molecule has 0 aliphatic carbocycles. The zero-order chi connectivity index (χ0) is 18.6. The Balaban J connectivity index is 2.13. The number of amides is 1. The Hall–Kier alpha value is -2.84. The van der Waals surface area contributed by atoms with Crippen molar-refractivity contribution in [3.8, 4) is 6.01 Å². The molecule has 6 nitrogen and oxygen atoms in total. The first-order chi connectivity index (χ1) is 11.7. The van der Waals surface area contributed by atoms with Crippen molar-refractivity contribution in [3.05, 3.63) is 57.5 Å². The molecule has 1 heterocycles. The minimum atomic E-state index is -4.42. The largest absolute Gasteiger partial charge is 0.465 e. The van der Waals surface area contributed by atoms with Crippen molar-refractivity contribution in [2.75, 3.05) is 6.61 Å². The summed E-state index contributed by atoms with van der Waals surface area (Å²) < 4.78 is 42.8. The molecule has 0 saturated carbocycles. The molecule has 0 aliphatic rings. The normalized spacial score (nSPS) is 12.5. The van der Waals surface area contributed by atoms with Crippen LogP contribution in [0.2, 0.25) is 0 Å². The van der Waals surface area contributed by atoms with Gasteiger partial charge in [0.15, 0.2) is 0 Å². The summed E-state index contributed by atoms with van der Waals surface area (Å²) in [6.07, 6.45) is -4.42. The molecule has 9 heteroatoms. The number of hydrogen-bond donors (Lipinski definition) is 2. The monoisotopic (exact) mass is 355 g/mol. The van der Waals surface area contributed by atoms with Crippen LogP contribution in [0.15, 0.2) is 35.1 Å². The molecule has 25 heavy (non-hydrogen) atoms. The molecule has 0 fully saturated rings. The Bertz CT molecular complexity index is 801. The molecule has 0 radical (unpaired) electrons. The average Bonchev–Trinajstić information content (AvgIpc) is 2.54. The number of nitrogens with one attached hydrogen (secondary N) is 2. The molecule has 134 valence electrons. The van der Waals surface area contributed by atoms with E-state index in [-0.39, 0.29) is 18.3 Å². The van der Waals surface area contributed by atoms with Gasteiger partial charge in [-0.05, 0) is 31.5 Å². The first-order valence-electron chi connectivity index (χ1n) is 7.43. The van der Waals surface area contributed by atoms with E-state index in [0.717, 1.165) is 18.2 Å². The number of ether oxygens (including phenoxy) is 1. The Morgan fingerprint density at radius 2 is 1.96 bits per heavy atom. The first kappa shape index (κ1) is 18.5. The number of aromatic amines is 1. The molecular formula is C16H16F3N3O3. The van der Waals surface area contributed by atoms with Crippen LogP contribution in [0.5, 0.6) is 6.01 Å². The van der Waals surface area contributed by atoms with Gasteiger partial charge in [0, 0.05) is 6.07 Å².